The first-order chi connectivity index (χ1) is 26.6. The number of benzene rings is 4. The van der Waals surface area contributed by atoms with Gasteiger partial charge in [0, 0.05) is 20.0 Å². The molecule has 0 aliphatic heterocycles. The number of anilines is 1. The Morgan fingerprint density at radius 3 is 1.42 bits per heavy atom. The zero-order chi connectivity index (χ0) is 43.1. The summed E-state index contributed by atoms with van der Waals surface area (Å²) in [5.41, 5.74) is 11.4. The van der Waals surface area contributed by atoms with E-state index >= 15 is 0 Å². The number of aryl methyl sites for hydroxylation is 2. The van der Waals surface area contributed by atoms with Crippen LogP contribution >= 0.6 is 47.8 Å². The summed E-state index contributed by atoms with van der Waals surface area (Å²) in [7, 11) is 2.77. The minimum atomic E-state index is -0.504. The van der Waals surface area contributed by atoms with Crippen LogP contribution in [-0.2, 0) is 46.7 Å². The van der Waals surface area contributed by atoms with Crippen molar-refractivity contribution in [3.8, 4) is 0 Å². The highest BCUT2D eigenvalue weighted by Gasteiger charge is 2.24. The molecule has 0 spiro atoms. The van der Waals surface area contributed by atoms with E-state index in [2.05, 4.69) is 52.5 Å². The van der Waals surface area contributed by atoms with E-state index in [-0.39, 0.29) is 35.7 Å². The van der Waals surface area contributed by atoms with E-state index in [0.717, 1.165) is 43.2 Å². The molecule has 0 aromatic heterocycles. The Hall–Kier alpha value is -4.00. The molecule has 2 atom stereocenters. The van der Waals surface area contributed by atoms with E-state index in [9.17, 15) is 19.2 Å². The van der Waals surface area contributed by atoms with E-state index in [1.165, 1.54) is 14.2 Å². The Morgan fingerprint density at radius 1 is 0.596 bits per heavy atom. The largest absolute Gasteiger partial charge is 0.465 e. The third kappa shape index (κ3) is 16.4. The van der Waals surface area contributed by atoms with Gasteiger partial charge < -0.3 is 24.7 Å². The van der Waals surface area contributed by atoms with Gasteiger partial charge >= 0.3 is 23.9 Å². The van der Waals surface area contributed by atoms with Gasteiger partial charge in [0.15, 0.2) is 0 Å². The van der Waals surface area contributed by atoms with Gasteiger partial charge in [0.05, 0.1) is 37.2 Å². The third-order valence-corrected chi connectivity index (χ3v) is 10.3. The molecule has 308 valence electrons. The van der Waals surface area contributed by atoms with Crippen LogP contribution in [0.1, 0.15) is 116 Å². The Balaban J connectivity index is 0.000000327. The van der Waals surface area contributed by atoms with Gasteiger partial charge in [-0.3, -0.25) is 9.59 Å². The lowest BCUT2D eigenvalue weighted by Crippen LogP contribution is -2.26. The summed E-state index contributed by atoms with van der Waals surface area (Å²) >= 11 is 10.3. The number of nitrogen functional groups attached to an aromatic ring is 1. The maximum atomic E-state index is 12.3. The van der Waals surface area contributed by atoms with Crippen molar-refractivity contribution in [1.29, 1.82) is 0 Å². The first kappa shape index (κ1) is 49.1. The standard InChI is InChI=1S/C23H27BrO4.C13H18BrNO2.C9H9BrO2/c1-15(21(25)28-23(2,3)4)18-13-12-17(20(24)14-18)11-10-16-8-6-7-9-19(16)22(26)27-5;1-8(12(16)17-13(2,3)4)9-5-6-11(15)10(14)7-9;1-12-9(11)8-5-3-2-4-7(8)6-10/h6-9,12-15H,10-11H2,1-5H3;5-8H,15H2,1-4H3;2-5H,6H2,1H3. The van der Waals surface area contributed by atoms with Gasteiger partial charge in [-0.2, -0.15) is 0 Å². The lowest BCUT2D eigenvalue weighted by molar-refractivity contribution is -0.157. The number of ether oxygens (including phenoxy) is 4. The van der Waals surface area contributed by atoms with Crippen LogP contribution < -0.4 is 5.73 Å². The second-order valence-electron chi connectivity index (χ2n) is 15.1. The van der Waals surface area contributed by atoms with Gasteiger partial charge in [-0.05, 0) is 142 Å². The number of rotatable bonds is 10. The third-order valence-electron chi connectivity index (χ3n) is 8.28. The van der Waals surface area contributed by atoms with Gasteiger partial charge in [-0.25, -0.2) is 9.59 Å². The average Bonchev–Trinajstić information content (AvgIpc) is 3.16. The summed E-state index contributed by atoms with van der Waals surface area (Å²) in [4.78, 5) is 47.3. The van der Waals surface area contributed by atoms with Gasteiger partial charge in [-0.1, -0.05) is 86.5 Å². The second kappa shape index (κ2) is 22.8. The highest BCUT2D eigenvalue weighted by molar-refractivity contribution is 9.11. The molecule has 0 saturated heterocycles. The van der Waals surface area contributed by atoms with Crippen LogP contribution in [0.5, 0.6) is 0 Å². The predicted molar refractivity (Wildman–Crippen MR) is 237 cm³/mol. The molecule has 0 aliphatic carbocycles. The number of alkyl halides is 1. The molecule has 12 heteroatoms. The monoisotopic (exact) mass is 973 g/mol. The fourth-order valence-electron chi connectivity index (χ4n) is 5.16. The SMILES string of the molecule is CC(C(=O)OC(C)(C)C)c1ccc(N)c(Br)c1.COC(=O)c1ccccc1CBr.COC(=O)c1ccccc1CCc1ccc(C(C)C(=O)OC(C)(C)C)cc1Br. The normalized spacial score (nSPS) is 12.0. The minimum absolute atomic E-state index is 0.228. The zero-order valence-corrected chi connectivity index (χ0v) is 39.1. The van der Waals surface area contributed by atoms with Crippen molar-refractivity contribution in [1.82, 2.24) is 0 Å². The minimum Gasteiger partial charge on any atom is -0.465 e. The quantitative estimate of drug-likeness (QED) is 0.0714. The van der Waals surface area contributed by atoms with Crippen molar-refractivity contribution < 1.29 is 38.1 Å². The fraction of sp³-hybridized carbons (Fsp3) is 0.378. The number of hydrogen-bond donors (Lipinski definition) is 1. The fourth-order valence-corrected chi connectivity index (χ4v) is 6.64. The molecule has 2 N–H and O–H groups in total. The first-order valence-corrected chi connectivity index (χ1v) is 21.0. The van der Waals surface area contributed by atoms with Crippen molar-refractivity contribution >= 4 is 77.4 Å². The molecule has 9 nitrogen and oxygen atoms in total. The van der Waals surface area contributed by atoms with Crippen molar-refractivity contribution in [2.75, 3.05) is 20.0 Å². The molecule has 2 unspecified atom stereocenters. The molecule has 0 aliphatic rings. The van der Waals surface area contributed by atoms with Crippen molar-refractivity contribution in [3.05, 3.63) is 133 Å². The Kier molecular flexibility index (Phi) is 19.7. The molecular weight excluding hydrogens is 922 g/mol. The van der Waals surface area contributed by atoms with E-state index in [1.807, 2.05) is 122 Å². The number of halogens is 3. The molecule has 0 saturated carbocycles. The van der Waals surface area contributed by atoms with Crippen LogP contribution in [0.15, 0.2) is 93.9 Å². The van der Waals surface area contributed by atoms with E-state index < -0.39 is 11.2 Å². The molecule has 0 heterocycles. The van der Waals surface area contributed by atoms with Crippen LogP contribution in [0.4, 0.5) is 5.69 Å². The van der Waals surface area contributed by atoms with Crippen LogP contribution in [0.3, 0.4) is 0 Å². The van der Waals surface area contributed by atoms with E-state index in [4.69, 9.17) is 19.9 Å². The lowest BCUT2D eigenvalue weighted by atomic mass is 9.96. The zero-order valence-electron chi connectivity index (χ0n) is 34.3. The summed E-state index contributed by atoms with van der Waals surface area (Å²) < 4.78 is 22.0. The molecule has 0 amide bonds. The van der Waals surface area contributed by atoms with Gasteiger partial charge in [0.2, 0.25) is 0 Å². The Bertz CT molecular complexity index is 1980. The molecule has 57 heavy (non-hydrogen) atoms. The second-order valence-corrected chi connectivity index (χ2v) is 17.3. The van der Waals surface area contributed by atoms with Crippen molar-refractivity contribution in [3.63, 3.8) is 0 Å². The summed E-state index contributed by atoms with van der Waals surface area (Å²) in [6.45, 7) is 14.8. The molecule has 4 aromatic rings. The van der Waals surface area contributed by atoms with Crippen molar-refractivity contribution in [2.24, 2.45) is 0 Å². The number of nitrogens with two attached hydrogens (primary N) is 1. The number of carbonyl (C=O) groups is 4. The Labute approximate surface area is 362 Å². The van der Waals surface area contributed by atoms with E-state index in [0.29, 0.717) is 28.6 Å². The lowest BCUT2D eigenvalue weighted by Gasteiger charge is -2.22. The summed E-state index contributed by atoms with van der Waals surface area (Å²) in [5, 5.41) is 0.665. The number of carbonyl (C=O) groups excluding carboxylic acids is 4. The molecule has 4 rings (SSSR count). The smallest absolute Gasteiger partial charge is 0.338 e. The predicted octanol–water partition coefficient (Wildman–Crippen LogP) is 11.3. The topological polar surface area (TPSA) is 131 Å². The number of methoxy groups -OCH3 is 2. The number of hydrogen-bond acceptors (Lipinski definition) is 9. The molecular formula is C45H54Br3NO8. The molecule has 4 aromatic carbocycles. The van der Waals surface area contributed by atoms with Gasteiger partial charge in [-0.15, -0.1) is 0 Å². The van der Waals surface area contributed by atoms with Crippen molar-refractivity contribution in [2.45, 2.75) is 96.6 Å². The van der Waals surface area contributed by atoms with Crippen LogP contribution in [0, 0.1) is 0 Å². The van der Waals surface area contributed by atoms with Crippen LogP contribution in [-0.4, -0.2) is 49.3 Å². The van der Waals surface area contributed by atoms with Gasteiger partial charge in [0.25, 0.3) is 0 Å². The molecule has 0 radical (unpaired) electrons. The van der Waals surface area contributed by atoms with Crippen LogP contribution in [0.25, 0.3) is 0 Å². The Morgan fingerprint density at radius 2 is 1.00 bits per heavy atom. The molecule has 0 fully saturated rings. The maximum Gasteiger partial charge on any atom is 0.338 e. The summed E-state index contributed by atoms with van der Waals surface area (Å²) in [6.07, 6.45) is 1.47. The van der Waals surface area contributed by atoms with Gasteiger partial charge in [0.1, 0.15) is 11.2 Å². The maximum absolute atomic E-state index is 12.3. The number of esters is 4. The van der Waals surface area contributed by atoms with Crippen LogP contribution in [0.2, 0.25) is 0 Å². The highest BCUT2D eigenvalue weighted by Crippen LogP contribution is 2.28. The summed E-state index contributed by atoms with van der Waals surface area (Å²) in [5.74, 6) is -1.72. The highest BCUT2D eigenvalue weighted by atomic mass is 79.9. The molecule has 0 bridgehead atoms. The van der Waals surface area contributed by atoms with E-state index in [1.54, 1.807) is 18.2 Å². The first-order valence-electron chi connectivity index (χ1n) is 18.3. The average molecular weight is 977 g/mol. The summed E-state index contributed by atoms with van der Waals surface area (Å²) in [6, 6.07) is 26.2.